The number of hydrogen-bond donors (Lipinski definition) is 2. The van der Waals surface area contributed by atoms with Gasteiger partial charge in [-0.05, 0) is 28.2 Å². The van der Waals surface area contributed by atoms with Crippen LogP contribution in [-0.4, -0.2) is 222 Å². The number of aliphatic hydroxyl groups is 2. The zero-order valence-corrected chi connectivity index (χ0v) is 24.0. The molecule has 0 aromatic rings. The predicted octanol–water partition coefficient (Wildman–Crippen LogP) is -2.07. The van der Waals surface area contributed by atoms with Gasteiger partial charge in [0.05, 0.1) is 13.2 Å². The average Bonchev–Trinajstić information content (AvgIpc) is 2.86. The molecule has 2 N–H and O–H groups in total. The fourth-order valence-corrected chi connectivity index (χ4v) is 4.85. The van der Waals surface area contributed by atoms with E-state index in [0.717, 1.165) is 131 Å². The molecule has 0 spiro atoms. The first kappa shape index (κ1) is 31.8. The molecule has 0 radical (unpaired) electrons. The standard InChI is InChI=1S/C26H58N8O2/c1-27-5-6-28(2)8-14-32-16-10-30(4)12-17-33(23-25-35)21-19-31(13-7-27)15-9-29(3)11-18-34(22-20-32)24-26-36/h35-36H,5-26H2,1-4H3. The van der Waals surface area contributed by atoms with Crippen LogP contribution in [0.15, 0.2) is 0 Å². The summed E-state index contributed by atoms with van der Waals surface area (Å²) >= 11 is 0. The highest BCUT2D eigenvalue weighted by atomic mass is 16.3. The van der Waals surface area contributed by atoms with Crippen molar-refractivity contribution in [2.75, 3.05) is 172 Å². The highest BCUT2D eigenvalue weighted by Crippen LogP contribution is 2.01. The van der Waals surface area contributed by atoms with Crippen molar-refractivity contribution in [3.8, 4) is 0 Å². The van der Waals surface area contributed by atoms with Gasteiger partial charge in [0.15, 0.2) is 0 Å². The third-order valence-corrected chi connectivity index (χ3v) is 7.95. The highest BCUT2D eigenvalue weighted by molar-refractivity contribution is 4.73. The van der Waals surface area contributed by atoms with Crippen molar-refractivity contribution in [1.82, 2.24) is 39.2 Å². The lowest BCUT2D eigenvalue weighted by atomic mass is 10.3. The Balaban J connectivity index is 2.21. The number of hydrogen-bond acceptors (Lipinski definition) is 10. The van der Waals surface area contributed by atoms with Gasteiger partial charge in [-0.25, -0.2) is 0 Å². The van der Waals surface area contributed by atoms with Gasteiger partial charge < -0.3 is 29.8 Å². The van der Waals surface area contributed by atoms with Gasteiger partial charge in [-0.15, -0.1) is 0 Å². The third-order valence-electron chi connectivity index (χ3n) is 7.95. The smallest absolute Gasteiger partial charge is 0.0558 e. The zero-order valence-electron chi connectivity index (χ0n) is 24.0. The lowest BCUT2D eigenvalue weighted by Gasteiger charge is -2.34. The van der Waals surface area contributed by atoms with Crippen molar-refractivity contribution in [3.63, 3.8) is 0 Å². The Morgan fingerprint density at radius 3 is 0.889 bits per heavy atom. The van der Waals surface area contributed by atoms with E-state index in [2.05, 4.69) is 67.4 Å². The molecule has 0 amide bonds. The van der Waals surface area contributed by atoms with Crippen LogP contribution in [-0.2, 0) is 0 Å². The molecule has 3 fully saturated rings. The van der Waals surface area contributed by atoms with E-state index in [1.807, 2.05) is 0 Å². The van der Waals surface area contributed by atoms with Crippen LogP contribution in [0.5, 0.6) is 0 Å². The molecule has 214 valence electrons. The van der Waals surface area contributed by atoms with Crippen LogP contribution < -0.4 is 0 Å². The van der Waals surface area contributed by atoms with E-state index in [9.17, 15) is 10.2 Å². The first-order valence-corrected chi connectivity index (χ1v) is 14.2. The van der Waals surface area contributed by atoms with E-state index < -0.39 is 0 Å². The molecule has 0 aromatic heterocycles. The van der Waals surface area contributed by atoms with E-state index in [-0.39, 0.29) is 13.2 Å². The van der Waals surface area contributed by atoms with Crippen LogP contribution in [0.3, 0.4) is 0 Å². The summed E-state index contributed by atoms with van der Waals surface area (Å²) < 4.78 is 0. The molecule has 2 atom stereocenters. The molecule has 0 aliphatic carbocycles. The molecular formula is C26H58N8O2. The molecular weight excluding hydrogens is 456 g/mol. The molecule has 3 aliphatic heterocycles. The molecule has 0 aromatic carbocycles. The topological polar surface area (TPSA) is 66.4 Å². The maximum atomic E-state index is 9.66. The van der Waals surface area contributed by atoms with Gasteiger partial charge >= 0.3 is 0 Å². The average molecular weight is 515 g/mol. The molecule has 3 heterocycles. The monoisotopic (exact) mass is 514 g/mol. The molecule has 3 saturated heterocycles. The van der Waals surface area contributed by atoms with Crippen molar-refractivity contribution in [1.29, 1.82) is 0 Å². The lowest BCUT2D eigenvalue weighted by Crippen LogP contribution is -2.48. The van der Waals surface area contributed by atoms with E-state index in [0.29, 0.717) is 0 Å². The van der Waals surface area contributed by atoms with E-state index in [1.165, 1.54) is 0 Å². The first-order chi connectivity index (χ1) is 17.4. The number of aliphatic hydroxyl groups excluding tert-OH is 2. The Morgan fingerprint density at radius 2 is 0.583 bits per heavy atom. The van der Waals surface area contributed by atoms with Gasteiger partial charge in [0.1, 0.15) is 0 Å². The summed E-state index contributed by atoms with van der Waals surface area (Å²) in [5.74, 6) is 0. The summed E-state index contributed by atoms with van der Waals surface area (Å²) in [5.41, 5.74) is 0. The lowest BCUT2D eigenvalue weighted by molar-refractivity contribution is 0.117. The summed E-state index contributed by atoms with van der Waals surface area (Å²) in [6.07, 6.45) is 0. The van der Waals surface area contributed by atoms with Crippen LogP contribution in [0.25, 0.3) is 0 Å². The van der Waals surface area contributed by atoms with Crippen LogP contribution in [0.1, 0.15) is 0 Å². The number of fused-ring (bicyclic) bond motifs is 21. The summed E-state index contributed by atoms with van der Waals surface area (Å²) in [6.45, 7) is 20.8. The second-order valence-electron chi connectivity index (χ2n) is 11.0. The normalized spacial score (nSPS) is 28.8. The van der Waals surface area contributed by atoms with Crippen molar-refractivity contribution in [3.05, 3.63) is 0 Å². The van der Waals surface area contributed by atoms with Crippen LogP contribution in [0.4, 0.5) is 0 Å². The van der Waals surface area contributed by atoms with E-state index in [4.69, 9.17) is 0 Å². The van der Waals surface area contributed by atoms with Gasteiger partial charge in [-0.2, -0.15) is 0 Å². The maximum absolute atomic E-state index is 9.66. The van der Waals surface area contributed by atoms with Crippen molar-refractivity contribution in [2.24, 2.45) is 0 Å². The second-order valence-corrected chi connectivity index (χ2v) is 11.0. The second kappa shape index (κ2) is 18.8. The van der Waals surface area contributed by atoms with E-state index in [1.54, 1.807) is 0 Å². The third kappa shape index (κ3) is 13.9. The van der Waals surface area contributed by atoms with E-state index >= 15 is 0 Å². The summed E-state index contributed by atoms with van der Waals surface area (Å²) in [7, 11) is 8.97. The Hall–Kier alpha value is -0.400. The van der Waals surface area contributed by atoms with Gasteiger partial charge in [-0.3, -0.25) is 19.6 Å². The van der Waals surface area contributed by atoms with Crippen molar-refractivity contribution in [2.45, 2.75) is 0 Å². The molecule has 36 heavy (non-hydrogen) atoms. The van der Waals surface area contributed by atoms with Gasteiger partial charge in [0, 0.05) is 131 Å². The maximum Gasteiger partial charge on any atom is 0.0558 e. The predicted molar refractivity (Wildman–Crippen MR) is 150 cm³/mol. The molecule has 10 heteroatoms. The minimum absolute atomic E-state index is 0.223. The SMILES string of the molecule is CN1CCN(C)CCN2CCN(C)CCN(CCO)CCN(CC1)CCN(C)CCN(CCO)CC2. The number of rotatable bonds is 4. The molecule has 3 rings (SSSR count). The minimum atomic E-state index is 0.223. The number of likely N-dealkylation sites (N-methyl/N-ethyl adjacent to an activating group) is 4. The molecule has 3 aliphatic rings. The zero-order chi connectivity index (χ0) is 26.2. The first-order valence-electron chi connectivity index (χ1n) is 14.2. The quantitative estimate of drug-likeness (QED) is 0.438. The largest absolute Gasteiger partial charge is 0.395 e. The molecule has 2 bridgehead atoms. The number of nitrogens with zero attached hydrogens (tertiary/aromatic N) is 8. The Morgan fingerprint density at radius 1 is 0.361 bits per heavy atom. The fourth-order valence-electron chi connectivity index (χ4n) is 4.85. The summed E-state index contributed by atoms with van der Waals surface area (Å²) in [4.78, 5) is 19.9. The van der Waals surface area contributed by atoms with Crippen LogP contribution in [0, 0.1) is 0 Å². The summed E-state index contributed by atoms with van der Waals surface area (Å²) in [5, 5.41) is 19.3. The Labute approximate surface area is 222 Å². The molecule has 2 unspecified atom stereocenters. The Kier molecular flexibility index (Phi) is 16.6. The Bertz CT molecular complexity index is 500. The van der Waals surface area contributed by atoms with Gasteiger partial charge in [-0.1, -0.05) is 0 Å². The van der Waals surface area contributed by atoms with Crippen molar-refractivity contribution >= 4 is 0 Å². The summed E-state index contributed by atoms with van der Waals surface area (Å²) in [6, 6.07) is 0. The van der Waals surface area contributed by atoms with Gasteiger partial charge in [0.25, 0.3) is 0 Å². The van der Waals surface area contributed by atoms with Crippen LogP contribution in [0.2, 0.25) is 0 Å². The molecule has 10 nitrogen and oxygen atoms in total. The minimum Gasteiger partial charge on any atom is -0.395 e. The van der Waals surface area contributed by atoms with Crippen molar-refractivity contribution < 1.29 is 10.2 Å². The fraction of sp³-hybridized carbons (Fsp3) is 1.00. The van der Waals surface area contributed by atoms with Crippen LogP contribution >= 0.6 is 0 Å². The highest BCUT2D eigenvalue weighted by Gasteiger charge is 2.16. The van der Waals surface area contributed by atoms with Gasteiger partial charge in [0.2, 0.25) is 0 Å². The molecule has 0 saturated carbocycles.